The third-order valence-electron chi connectivity index (χ3n) is 3.19. The van der Waals surface area contributed by atoms with Crippen LogP contribution in [0.3, 0.4) is 0 Å². The van der Waals surface area contributed by atoms with Gasteiger partial charge in [-0.25, -0.2) is 0 Å². The average Bonchev–Trinajstić information content (AvgIpc) is 2.18. The molecule has 1 unspecified atom stereocenters. The van der Waals surface area contributed by atoms with Crippen LogP contribution >= 0.6 is 0 Å². The minimum Gasteiger partial charge on any atom is -0.0741 e. The molecule has 0 bridgehead atoms. The number of rotatable bonds is 7. The Labute approximate surface area is 90.8 Å². The molecule has 0 aliphatic rings. The molecule has 0 aromatic carbocycles. The van der Waals surface area contributed by atoms with Gasteiger partial charge in [-0.3, -0.25) is 0 Å². The van der Waals surface area contributed by atoms with Gasteiger partial charge in [0.05, 0.1) is 0 Å². The average molecular weight is 196 g/mol. The zero-order chi connectivity index (χ0) is 11.0. The van der Waals surface area contributed by atoms with Crippen LogP contribution in [0.4, 0.5) is 0 Å². The molecule has 0 nitrogen and oxygen atoms in total. The SMILES string of the molecule is CCCCC(=C(C)CC)C(C)CCC. The highest BCUT2D eigenvalue weighted by Gasteiger charge is 2.09. The van der Waals surface area contributed by atoms with Crippen molar-refractivity contribution in [3.63, 3.8) is 0 Å². The van der Waals surface area contributed by atoms with Crippen LogP contribution in [0.1, 0.15) is 73.1 Å². The molecule has 0 heteroatoms. The van der Waals surface area contributed by atoms with Gasteiger partial charge >= 0.3 is 0 Å². The highest BCUT2D eigenvalue weighted by atomic mass is 14.2. The molecule has 0 aliphatic heterocycles. The van der Waals surface area contributed by atoms with E-state index in [-0.39, 0.29) is 0 Å². The Morgan fingerprint density at radius 1 is 1.07 bits per heavy atom. The van der Waals surface area contributed by atoms with Crippen LogP contribution in [-0.2, 0) is 0 Å². The first-order valence-electron chi connectivity index (χ1n) is 6.35. The predicted octanol–water partition coefficient (Wildman–Crippen LogP) is 5.34. The highest BCUT2D eigenvalue weighted by Crippen LogP contribution is 2.26. The maximum Gasteiger partial charge on any atom is -0.0229 e. The van der Waals surface area contributed by atoms with Crippen molar-refractivity contribution in [1.82, 2.24) is 0 Å². The molecular formula is C14H28. The third kappa shape index (κ3) is 4.83. The summed E-state index contributed by atoms with van der Waals surface area (Å²) in [5.74, 6) is 0.812. The molecule has 14 heavy (non-hydrogen) atoms. The Morgan fingerprint density at radius 2 is 1.71 bits per heavy atom. The Kier molecular flexibility index (Phi) is 7.93. The van der Waals surface area contributed by atoms with Gasteiger partial charge in [0, 0.05) is 0 Å². The van der Waals surface area contributed by atoms with Crippen LogP contribution in [0.2, 0.25) is 0 Å². The second-order valence-electron chi connectivity index (χ2n) is 4.45. The molecule has 0 amide bonds. The van der Waals surface area contributed by atoms with Crippen molar-refractivity contribution in [3.05, 3.63) is 11.1 Å². The molecular weight excluding hydrogens is 168 g/mol. The zero-order valence-corrected chi connectivity index (χ0v) is 10.8. The fourth-order valence-electron chi connectivity index (χ4n) is 2.08. The summed E-state index contributed by atoms with van der Waals surface area (Å²) < 4.78 is 0. The van der Waals surface area contributed by atoms with Gasteiger partial charge < -0.3 is 0 Å². The maximum atomic E-state index is 2.40. The molecule has 0 aromatic rings. The maximum absolute atomic E-state index is 2.40. The Hall–Kier alpha value is -0.260. The lowest BCUT2D eigenvalue weighted by Crippen LogP contribution is -2.02. The van der Waals surface area contributed by atoms with Crippen molar-refractivity contribution in [2.45, 2.75) is 73.1 Å². The molecule has 0 aromatic heterocycles. The van der Waals surface area contributed by atoms with E-state index in [2.05, 4.69) is 34.6 Å². The van der Waals surface area contributed by atoms with Crippen molar-refractivity contribution >= 4 is 0 Å². The first-order valence-corrected chi connectivity index (χ1v) is 6.35. The molecule has 0 saturated heterocycles. The van der Waals surface area contributed by atoms with Gasteiger partial charge in [-0.1, -0.05) is 51.7 Å². The summed E-state index contributed by atoms with van der Waals surface area (Å²) in [5.41, 5.74) is 3.38. The summed E-state index contributed by atoms with van der Waals surface area (Å²) in [5, 5.41) is 0. The first kappa shape index (κ1) is 13.7. The van der Waals surface area contributed by atoms with E-state index in [0.717, 1.165) is 5.92 Å². The molecule has 0 aliphatic carbocycles. The van der Waals surface area contributed by atoms with E-state index in [1.54, 1.807) is 11.1 Å². The first-order chi connectivity index (χ1) is 6.67. The molecule has 0 N–H and O–H groups in total. The highest BCUT2D eigenvalue weighted by molar-refractivity contribution is 5.14. The van der Waals surface area contributed by atoms with Crippen LogP contribution in [0.25, 0.3) is 0 Å². The predicted molar refractivity (Wildman–Crippen MR) is 66.6 cm³/mol. The van der Waals surface area contributed by atoms with Gasteiger partial charge in [-0.15, -0.1) is 0 Å². The molecule has 0 spiro atoms. The van der Waals surface area contributed by atoms with Crippen LogP contribution in [0.15, 0.2) is 11.1 Å². The summed E-state index contributed by atoms with van der Waals surface area (Å²) in [6.45, 7) is 11.6. The lowest BCUT2D eigenvalue weighted by Gasteiger charge is -2.18. The summed E-state index contributed by atoms with van der Waals surface area (Å²) in [7, 11) is 0. The van der Waals surface area contributed by atoms with Crippen LogP contribution in [0.5, 0.6) is 0 Å². The zero-order valence-electron chi connectivity index (χ0n) is 10.8. The van der Waals surface area contributed by atoms with Gasteiger partial charge in [-0.2, -0.15) is 0 Å². The van der Waals surface area contributed by atoms with Crippen molar-refractivity contribution < 1.29 is 0 Å². The molecule has 84 valence electrons. The lowest BCUT2D eigenvalue weighted by molar-refractivity contribution is 0.559. The summed E-state index contributed by atoms with van der Waals surface area (Å²) in [6, 6.07) is 0. The van der Waals surface area contributed by atoms with Crippen molar-refractivity contribution in [2.24, 2.45) is 5.92 Å². The summed E-state index contributed by atoms with van der Waals surface area (Å²) in [4.78, 5) is 0. The number of hydrogen-bond donors (Lipinski definition) is 0. The van der Waals surface area contributed by atoms with E-state index >= 15 is 0 Å². The molecule has 0 fully saturated rings. The third-order valence-corrected chi connectivity index (χ3v) is 3.19. The Morgan fingerprint density at radius 3 is 2.14 bits per heavy atom. The fraction of sp³-hybridized carbons (Fsp3) is 0.857. The van der Waals surface area contributed by atoms with Crippen molar-refractivity contribution in [2.75, 3.05) is 0 Å². The van der Waals surface area contributed by atoms with Crippen LogP contribution in [0, 0.1) is 5.92 Å². The second-order valence-corrected chi connectivity index (χ2v) is 4.45. The van der Waals surface area contributed by atoms with Crippen LogP contribution in [-0.4, -0.2) is 0 Å². The Bertz CT molecular complexity index is 165. The number of allylic oxidation sites excluding steroid dienone is 2. The second kappa shape index (κ2) is 8.08. The van der Waals surface area contributed by atoms with Gasteiger partial charge in [0.1, 0.15) is 0 Å². The fourth-order valence-corrected chi connectivity index (χ4v) is 2.08. The quantitative estimate of drug-likeness (QED) is 0.482. The minimum absolute atomic E-state index is 0.812. The molecule has 0 saturated carbocycles. The lowest BCUT2D eigenvalue weighted by atomic mass is 9.88. The van der Waals surface area contributed by atoms with Crippen LogP contribution < -0.4 is 0 Å². The monoisotopic (exact) mass is 196 g/mol. The van der Waals surface area contributed by atoms with Gasteiger partial charge in [0.25, 0.3) is 0 Å². The molecule has 0 heterocycles. The largest absolute Gasteiger partial charge is 0.0741 e. The smallest absolute Gasteiger partial charge is 0.0229 e. The van der Waals surface area contributed by atoms with Gasteiger partial charge in [0.2, 0.25) is 0 Å². The summed E-state index contributed by atoms with van der Waals surface area (Å²) in [6.07, 6.45) is 7.91. The molecule has 1 atom stereocenters. The Balaban J connectivity index is 4.38. The van der Waals surface area contributed by atoms with Crippen molar-refractivity contribution in [1.29, 1.82) is 0 Å². The van der Waals surface area contributed by atoms with Gasteiger partial charge in [-0.05, 0) is 38.5 Å². The summed E-state index contributed by atoms with van der Waals surface area (Å²) >= 11 is 0. The molecule has 0 radical (unpaired) electrons. The van der Waals surface area contributed by atoms with E-state index in [0.29, 0.717) is 0 Å². The van der Waals surface area contributed by atoms with Gasteiger partial charge in [0.15, 0.2) is 0 Å². The van der Waals surface area contributed by atoms with E-state index in [4.69, 9.17) is 0 Å². The van der Waals surface area contributed by atoms with Crippen molar-refractivity contribution in [3.8, 4) is 0 Å². The standard InChI is InChI=1S/C14H28/c1-6-9-11-14(12(4)8-3)13(5)10-7-2/h13H,6-11H2,1-5H3. The number of unbranched alkanes of at least 4 members (excludes halogenated alkanes) is 1. The van der Waals surface area contributed by atoms with E-state index in [1.807, 2.05) is 0 Å². The topological polar surface area (TPSA) is 0 Å². The number of hydrogen-bond acceptors (Lipinski definition) is 0. The van der Waals surface area contributed by atoms with E-state index in [9.17, 15) is 0 Å². The molecule has 0 rings (SSSR count). The van der Waals surface area contributed by atoms with E-state index in [1.165, 1.54) is 38.5 Å². The normalized spacial score (nSPS) is 15.2. The minimum atomic E-state index is 0.812. The van der Waals surface area contributed by atoms with E-state index < -0.39 is 0 Å².